The maximum absolute atomic E-state index is 11.5. The molecule has 16 heavy (non-hydrogen) atoms. The molecule has 1 aliphatic rings. The van der Waals surface area contributed by atoms with Crippen LogP contribution in [-0.4, -0.2) is 25.0 Å². The molecule has 0 saturated heterocycles. The highest BCUT2D eigenvalue weighted by Gasteiger charge is 2.34. The Labute approximate surface area is 99.4 Å². The van der Waals surface area contributed by atoms with Crippen LogP contribution in [0.1, 0.15) is 47.0 Å². The molecule has 0 aromatic carbocycles. The second-order valence-corrected chi connectivity index (χ2v) is 6.01. The number of hydrogen-bond donors (Lipinski definition) is 2. The lowest BCUT2D eigenvalue weighted by Crippen LogP contribution is -2.44. The van der Waals surface area contributed by atoms with Gasteiger partial charge in [-0.05, 0) is 24.2 Å². The highest BCUT2D eigenvalue weighted by atomic mass is 16.1. The van der Waals surface area contributed by atoms with Crippen LogP contribution < -0.4 is 10.6 Å². The number of amides is 1. The number of hydrogen-bond acceptors (Lipinski definition) is 2. The first-order valence-corrected chi connectivity index (χ1v) is 6.42. The van der Waals surface area contributed by atoms with Gasteiger partial charge in [-0.2, -0.15) is 0 Å². The van der Waals surface area contributed by atoms with Gasteiger partial charge in [-0.3, -0.25) is 4.79 Å². The van der Waals surface area contributed by atoms with E-state index in [1.54, 1.807) is 0 Å². The van der Waals surface area contributed by atoms with E-state index in [4.69, 9.17) is 0 Å². The molecule has 0 bridgehead atoms. The third-order valence-electron chi connectivity index (χ3n) is 3.47. The number of nitrogens with one attached hydrogen (secondary N) is 2. The van der Waals surface area contributed by atoms with Gasteiger partial charge in [0.25, 0.3) is 0 Å². The maximum Gasteiger partial charge on any atom is 0.233 e. The normalized spacial score (nSPS) is 23.7. The third kappa shape index (κ3) is 4.12. The van der Waals surface area contributed by atoms with Gasteiger partial charge in [0.05, 0.1) is 6.54 Å². The molecule has 2 N–H and O–H groups in total. The van der Waals surface area contributed by atoms with Crippen LogP contribution in [0.4, 0.5) is 0 Å². The summed E-state index contributed by atoms with van der Waals surface area (Å²) in [5, 5.41) is 6.32. The molecule has 0 aromatic heterocycles. The molecule has 1 aliphatic carbocycles. The van der Waals surface area contributed by atoms with Gasteiger partial charge in [0, 0.05) is 12.6 Å². The lowest BCUT2D eigenvalue weighted by atomic mass is 9.87. The second kappa shape index (κ2) is 5.67. The van der Waals surface area contributed by atoms with Crippen LogP contribution in [0.5, 0.6) is 0 Å². The van der Waals surface area contributed by atoms with Crippen molar-refractivity contribution in [2.75, 3.05) is 13.1 Å². The van der Waals surface area contributed by atoms with E-state index in [0.29, 0.717) is 23.9 Å². The highest BCUT2D eigenvalue weighted by molar-refractivity contribution is 5.78. The zero-order valence-corrected chi connectivity index (χ0v) is 11.1. The molecule has 3 nitrogen and oxygen atoms in total. The lowest BCUT2D eigenvalue weighted by Gasteiger charge is -2.27. The highest BCUT2D eigenvalue weighted by Crippen LogP contribution is 2.36. The Hall–Kier alpha value is -0.570. The van der Waals surface area contributed by atoms with E-state index in [1.165, 1.54) is 19.3 Å². The molecular formula is C13H26N2O. The minimum Gasteiger partial charge on any atom is -0.355 e. The fourth-order valence-electron chi connectivity index (χ4n) is 2.30. The number of carbonyl (C=O) groups excluding carboxylic acids is 1. The van der Waals surface area contributed by atoms with Crippen molar-refractivity contribution in [1.29, 1.82) is 0 Å². The molecule has 1 rings (SSSR count). The summed E-state index contributed by atoms with van der Waals surface area (Å²) in [7, 11) is 0. The average Bonchev–Trinajstić information content (AvgIpc) is 2.51. The molecular weight excluding hydrogens is 200 g/mol. The Morgan fingerprint density at radius 3 is 2.62 bits per heavy atom. The van der Waals surface area contributed by atoms with E-state index < -0.39 is 0 Å². The molecule has 1 unspecified atom stereocenters. The van der Waals surface area contributed by atoms with Crippen molar-refractivity contribution in [3.05, 3.63) is 0 Å². The minimum atomic E-state index is 0.122. The van der Waals surface area contributed by atoms with Crippen molar-refractivity contribution < 1.29 is 4.79 Å². The van der Waals surface area contributed by atoms with E-state index in [1.807, 2.05) is 0 Å². The first-order chi connectivity index (χ1) is 7.42. The molecule has 1 saturated carbocycles. The SMILES string of the molecule is CC(C)CNC(=O)CNC1CCCC1(C)C. The van der Waals surface area contributed by atoms with Crippen LogP contribution in [-0.2, 0) is 4.79 Å². The molecule has 0 heterocycles. The fraction of sp³-hybridized carbons (Fsp3) is 0.923. The van der Waals surface area contributed by atoms with Gasteiger partial charge < -0.3 is 10.6 Å². The van der Waals surface area contributed by atoms with Crippen molar-refractivity contribution in [3.8, 4) is 0 Å². The van der Waals surface area contributed by atoms with Crippen LogP contribution in [0.15, 0.2) is 0 Å². The Morgan fingerprint density at radius 2 is 2.12 bits per heavy atom. The summed E-state index contributed by atoms with van der Waals surface area (Å²) in [6.45, 7) is 10.0. The summed E-state index contributed by atoms with van der Waals surface area (Å²) in [5.74, 6) is 0.642. The number of carbonyl (C=O) groups is 1. The molecule has 1 atom stereocenters. The third-order valence-corrected chi connectivity index (χ3v) is 3.47. The van der Waals surface area contributed by atoms with Crippen LogP contribution in [0.3, 0.4) is 0 Å². The smallest absolute Gasteiger partial charge is 0.233 e. The zero-order chi connectivity index (χ0) is 12.2. The zero-order valence-electron chi connectivity index (χ0n) is 11.1. The van der Waals surface area contributed by atoms with Crippen LogP contribution in [0, 0.1) is 11.3 Å². The minimum absolute atomic E-state index is 0.122. The second-order valence-electron chi connectivity index (χ2n) is 6.01. The maximum atomic E-state index is 11.5. The fourth-order valence-corrected chi connectivity index (χ4v) is 2.30. The predicted octanol–water partition coefficient (Wildman–Crippen LogP) is 1.93. The largest absolute Gasteiger partial charge is 0.355 e. The van der Waals surface area contributed by atoms with Gasteiger partial charge in [0.1, 0.15) is 0 Å². The van der Waals surface area contributed by atoms with Crippen molar-refractivity contribution in [1.82, 2.24) is 10.6 Å². The molecule has 1 amide bonds. The standard InChI is InChI=1S/C13H26N2O/c1-10(2)8-15-12(16)9-14-11-6-5-7-13(11,3)4/h10-11,14H,5-9H2,1-4H3,(H,15,16). The Bertz CT molecular complexity index is 236. The van der Waals surface area contributed by atoms with Crippen LogP contribution in [0.2, 0.25) is 0 Å². The van der Waals surface area contributed by atoms with E-state index >= 15 is 0 Å². The van der Waals surface area contributed by atoms with Crippen molar-refractivity contribution in [2.45, 2.75) is 53.0 Å². The van der Waals surface area contributed by atoms with Crippen LogP contribution >= 0.6 is 0 Å². The molecule has 94 valence electrons. The van der Waals surface area contributed by atoms with E-state index in [2.05, 4.69) is 38.3 Å². The Balaban J connectivity index is 2.21. The summed E-state index contributed by atoms with van der Waals surface area (Å²) in [6.07, 6.45) is 3.74. The molecule has 0 aliphatic heterocycles. The Morgan fingerprint density at radius 1 is 1.44 bits per heavy atom. The van der Waals surface area contributed by atoms with Crippen molar-refractivity contribution in [2.24, 2.45) is 11.3 Å². The van der Waals surface area contributed by atoms with Gasteiger partial charge in [0.15, 0.2) is 0 Å². The average molecular weight is 226 g/mol. The summed E-state index contributed by atoms with van der Waals surface area (Å²) < 4.78 is 0. The summed E-state index contributed by atoms with van der Waals surface area (Å²) >= 11 is 0. The molecule has 0 spiro atoms. The molecule has 0 aromatic rings. The van der Waals surface area contributed by atoms with Crippen molar-refractivity contribution >= 4 is 5.91 Å². The van der Waals surface area contributed by atoms with Gasteiger partial charge in [0.2, 0.25) is 5.91 Å². The monoisotopic (exact) mass is 226 g/mol. The molecule has 1 fully saturated rings. The topological polar surface area (TPSA) is 41.1 Å². The van der Waals surface area contributed by atoms with E-state index in [0.717, 1.165) is 6.54 Å². The summed E-state index contributed by atoms with van der Waals surface area (Å²) in [4.78, 5) is 11.5. The van der Waals surface area contributed by atoms with E-state index in [-0.39, 0.29) is 5.91 Å². The van der Waals surface area contributed by atoms with Crippen molar-refractivity contribution in [3.63, 3.8) is 0 Å². The van der Waals surface area contributed by atoms with Gasteiger partial charge in [-0.1, -0.05) is 34.1 Å². The predicted molar refractivity (Wildman–Crippen MR) is 67.3 cm³/mol. The number of rotatable bonds is 5. The first-order valence-electron chi connectivity index (χ1n) is 6.42. The van der Waals surface area contributed by atoms with E-state index in [9.17, 15) is 4.79 Å². The summed E-state index contributed by atoms with van der Waals surface area (Å²) in [5.41, 5.74) is 0.346. The Kier molecular flexibility index (Phi) is 4.78. The van der Waals surface area contributed by atoms with Crippen LogP contribution in [0.25, 0.3) is 0 Å². The van der Waals surface area contributed by atoms with Gasteiger partial charge in [-0.25, -0.2) is 0 Å². The quantitative estimate of drug-likeness (QED) is 0.752. The van der Waals surface area contributed by atoms with Gasteiger partial charge >= 0.3 is 0 Å². The molecule has 0 radical (unpaired) electrons. The molecule has 3 heteroatoms. The van der Waals surface area contributed by atoms with Gasteiger partial charge in [-0.15, -0.1) is 0 Å². The summed E-state index contributed by atoms with van der Waals surface area (Å²) in [6, 6.07) is 0.497. The lowest BCUT2D eigenvalue weighted by molar-refractivity contribution is -0.120. The first kappa shape index (κ1) is 13.5.